The van der Waals surface area contributed by atoms with E-state index >= 15 is 0 Å². The largest absolute Gasteiger partial charge is 0.369 e. The molecule has 0 saturated carbocycles. The van der Waals surface area contributed by atoms with Crippen molar-refractivity contribution in [3.63, 3.8) is 0 Å². The number of carbonyl (C=O) groups is 1. The number of benzene rings is 1. The molecular weight excluding hydrogens is 238 g/mol. The van der Waals surface area contributed by atoms with E-state index < -0.39 is 0 Å². The van der Waals surface area contributed by atoms with E-state index in [1.165, 1.54) is 5.69 Å². The Hall–Kier alpha value is -1.55. The van der Waals surface area contributed by atoms with Gasteiger partial charge in [0.05, 0.1) is 0 Å². The van der Waals surface area contributed by atoms with Crippen LogP contribution in [0.5, 0.6) is 0 Å². The molecule has 1 aliphatic rings. The number of anilines is 2. The van der Waals surface area contributed by atoms with Gasteiger partial charge in [0, 0.05) is 29.5 Å². The molecule has 1 unspecified atom stereocenters. The molecule has 0 fully saturated rings. The van der Waals surface area contributed by atoms with Crippen LogP contribution in [0, 0.1) is 0 Å². The SMILES string of the molecule is CCCN(c1ccc2c(c1)NC(=O)C2NC)C(C)C. The van der Waals surface area contributed by atoms with Crippen LogP contribution in [0.4, 0.5) is 11.4 Å². The third kappa shape index (κ3) is 2.59. The third-order valence-corrected chi connectivity index (χ3v) is 3.58. The van der Waals surface area contributed by atoms with Crippen LogP contribution in [-0.2, 0) is 4.79 Å². The van der Waals surface area contributed by atoms with E-state index in [0.29, 0.717) is 6.04 Å². The summed E-state index contributed by atoms with van der Waals surface area (Å²) in [7, 11) is 1.81. The molecule has 0 bridgehead atoms. The zero-order valence-corrected chi connectivity index (χ0v) is 12.2. The molecule has 0 spiro atoms. The molecule has 104 valence electrons. The van der Waals surface area contributed by atoms with Gasteiger partial charge in [-0.3, -0.25) is 4.79 Å². The van der Waals surface area contributed by atoms with Crippen molar-refractivity contribution in [2.45, 2.75) is 39.3 Å². The maximum atomic E-state index is 11.8. The van der Waals surface area contributed by atoms with Crippen LogP contribution in [0.2, 0.25) is 0 Å². The number of rotatable bonds is 5. The van der Waals surface area contributed by atoms with Gasteiger partial charge in [0.1, 0.15) is 6.04 Å². The zero-order valence-electron chi connectivity index (χ0n) is 12.2. The van der Waals surface area contributed by atoms with Crippen molar-refractivity contribution in [1.29, 1.82) is 0 Å². The monoisotopic (exact) mass is 261 g/mol. The second-order valence-electron chi connectivity index (χ2n) is 5.27. The second kappa shape index (κ2) is 5.61. The molecule has 0 aliphatic carbocycles. The molecule has 1 amide bonds. The quantitative estimate of drug-likeness (QED) is 0.856. The lowest BCUT2D eigenvalue weighted by atomic mass is 10.1. The first kappa shape index (κ1) is 13.9. The normalized spacial score (nSPS) is 17.5. The second-order valence-corrected chi connectivity index (χ2v) is 5.27. The summed E-state index contributed by atoms with van der Waals surface area (Å²) in [4.78, 5) is 14.2. The van der Waals surface area contributed by atoms with Crippen LogP contribution < -0.4 is 15.5 Å². The van der Waals surface area contributed by atoms with Gasteiger partial charge in [0.15, 0.2) is 0 Å². The van der Waals surface area contributed by atoms with Crippen molar-refractivity contribution in [1.82, 2.24) is 5.32 Å². The van der Waals surface area contributed by atoms with Crippen LogP contribution in [0.1, 0.15) is 38.8 Å². The number of amides is 1. The van der Waals surface area contributed by atoms with Gasteiger partial charge in [-0.2, -0.15) is 0 Å². The fourth-order valence-electron chi connectivity index (χ4n) is 2.64. The number of hydrogen-bond donors (Lipinski definition) is 2. The van der Waals surface area contributed by atoms with Crippen LogP contribution in [0.3, 0.4) is 0 Å². The van der Waals surface area contributed by atoms with E-state index in [4.69, 9.17) is 0 Å². The summed E-state index contributed by atoms with van der Waals surface area (Å²) in [6.07, 6.45) is 1.11. The smallest absolute Gasteiger partial charge is 0.246 e. The fourth-order valence-corrected chi connectivity index (χ4v) is 2.64. The first-order valence-corrected chi connectivity index (χ1v) is 6.97. The number of hydrogen-bond acceptors (Lipinski definition) is 3. The van der Waals surface area contributed by atoms with Crippen molar-refractivity contribution >= 4 is 17.3 Å². The lowest BCUT2D eigenvalue weighted by Crippen LogP contribution is -2.31. The highest BCUT2D eigenvalue weighted by molar-refractivity contribution is 6.03. The summed E-state index contributed by atoms with van der Waals surface area (Å²) in [6, 6.07) is 6.48. The van der Waals surface area contributed by atoms with Gasteiger partial charge < -0.3 is 15.5 Å². The van der Waals surface area contributed by atoms with Crippen LogP contribution >= 0.6 is 0 Å². The molecule has 1 aromatic carbocycles. The van der Waals surface area contributed by atoms with Gasteiger partial charge in [-0.15, -0.1) is 0 Å². The Balaban J connectivity index is 2.32. The summed E-state index contributed by atoms with van der Waals surface area (Å²) < 4.78 is 0. The Morgan fingerprint density at radius 3 is 2.74 bits per heavy atom. The summed E-state index contributed by atoms with van der Waals surface area (Å²) in [5, 5.41) is 5.99. The van der Waals surface area contributed by atoms with Gasteiger partial charge >= 0.3 is 0 Å². The predicted octanol–water partition coefficient (Wildman–Crippen LogP) is 2.52. The molecule has 1 aliphatic heterocycles. The maximum Gasteiger partial charge on any atom is 0.246 e. The lowest BCUT2D eigenvalue weighted by molar-refractivity contribution is -0.117. The highest BCUT2D eigenvalue weighted by atomic mass is 16.2. The van der Waals surface area contributed by atoms with Gasteiger partial charge in [-0.05, 0) is 39.4 Å². The molecule has 0 saturated heterocycles. The summed E-state index contributed by atoms with van der Waals surface area (Å²) in [6.45, 7) is 7.59. The Labute approximate surface area is 115 Å². The van der Waals surface area contributed by atoms with Gasteiger partial charge in [-0.1, -0.05) is 13.0 Å². The Morgan fingerprint density at radius 2 is 2.16 bits per heavy atom. The average molecular weight is 261 g/mol. The summed E-state index contributed by atoms with van der Waals surface area (Å²) >= 11 is 0. The highest BCUT2D eigenvalue weighted by Gasteiger charge is 2.29. The van der Waals surface area contributed by atoms with Crippen molar-refractivity contribution in [3.05, 3.63) is 23.8 Å². The lowest BCUT2D eigenvalue weighted by Gasteiger charge is -2.29. The minimum atomic E-state index is -0.220. The van der Waals surface area contributed by atoms with Gasteiger partial charge in [-0.25, -0.2) is 0 Å². The minimum absolute atomic E-state index is 0.0289. The molecule has 1 atom stereocenters. The van der Waals surface area contributed by atoms with E-state index in [2.05, 4.69) is 54.5 Å². The summed E-state index contributed by atoms with van der Waals surface area (Å²) in [5.41, 5.74) is 3.15. The maximum absolute atomic E-state index is 11.8. The molecular formula is C15H23N3O. The zero-order chi connectivity index (χ0) is 14.0. The van der Waals surface area contributed by atoms with Crippen molar-refractivity contribution in [3.8, 4) is 0 Å². The van der Waals surface area contributed by atoms with E-state index in [9.17, 15) is 4.79 Å². The van der Waals surface area contributed by atoms with E-state index in [1.54, 1.807) is 0 Å². The average Bonchev–Trinajstić information content (AvgIpc) is 2.69. The molecule has 0 radical (unpaired) electrons. The highest BCUT2D eigenvalue weighted by Crippen LogP contribution is 2.34. The van der Waals surface area contributed by atoms with Crippen LogP contribution in [-0.4, -0.2) is 25.5 Å². The molecule has 4 heteroatoms. The van der Waals surface area contributed by atoms with Crippen LogP contribution in [0.25, 0.3) is 0 Å². The first-order chi connectivity index (χ1) is 9.08. The van der Waals surface area contributed by atoms with Gasteiger partial charge in [0.25, 0.3) is 0 Å². The fraction of sp³-hybridized carbons (Fsp3) is 0.533. The van der Waals surface area contributed by atoms with Crippen LogP contribution in [0.15, 0.2) is 18.2 Å². The number of nitrogens with one attached hydrogen (secondary N) is 2. The molecule has 2 N–H and O–H groups in total. The van der Waals surface area contributed by atoms with E-state index in [-0.39, 0.29) is 11.9 Å². The molecule has 1 heterocycles. The third-order valence-electron chi connectivity index (χ3n) is 3.58. The predicted molar refractivity (Wildman–Crippen MR) is 79.6 cm³/mol. The Morgan fingerprint density at radius 1 is 1.42 bits per heavy atom. The van der Waals surface area contributed by atoms with E-state index in [1.807, 2.05) is 7.05 Å². The van der Waals surface area contributed by atoms with Crippen molar-refractivity contribution in [2.75, 3.05) is 23.8 Å². The Kier molecular flexibility index (Phi) is 4.10. The van der Waals surface area contributed by atoms with Crippen molar-refractivity contribution < 1.29 is 4.79 Å². The van der Waals surface area contributed by atoms with Gasteiger partial charge in [0.2, 0.25) is 5.91 Å². The molecule has 0 aromatic heterocycles. The molecule has 19 heavy (non-hydrogen) atoms. The minimum Gasteiger partial charge on any atom is -0.369 e. The number of nitrogens with zero attached hydrogens (tertiary/aromatic N) is 1. The number of likely N-dealkylation sites (N-methyl/N-ethyl adjacent to an activating group) is 1. The van der Waals surface area contributed by atoms with Crippen molar-refractivity contribution in [2.24, 2.45) is 0 Å². The van der Waals surface area contributed by atoms with E-state index in [0.717, 1.165) is 24.2 Å². The first-order valence-electron chi connectivity index (χ1n) is 6.97. The standard InChI is InChI=1S/C15H23N3O/c1-5-8-18(10(2)3)11-6-7-12-13(9-11)17-15(19)14(12)16-4/h6-7,9-10,14,16H,5,8H2,1-4H3,(H,17,19). The molecule has 2 rings (SSSR count). The summed E-state index contributed by atoms with van der Waals surface area (Å²) in [5.74, 6) is 0.0289. The molecule has 1 aromatic rings. The molecule has 4 nitrogen and oxygen atoms in total. The Bertz CT molecular complexity index is 470. The topological polar surface area (TPSA) is 44.4 Å². The number of carbonyl (C=O) groups excluding carboxylic acids is 1. The number of fused-ring (bicyclic) bond motifs is 1.